The first kappa shape index (κ1) is 23.0. The van der Waals surface area contributed by atoms with Crippen LogP contribution in [0, 0.1) is 11.7 Å². The first-order valence-electron chi connectivity index (χ1n) is 12.1. The lowest BCUT2D eigenvalue weighted by atomic mass is 10.1. The van der Waals surface area contributed by atoms with Gasteiger partial charge in [-0.05, 0) is 61.4 Å². The van der Waals surface area contributed by atoms with E-state index in [-0.39, 0.29) is 30.6 Å². The van der Waals surface area contributed by atoms with Gasteiger partial charge in [0.25, 0.3) is 0 Å². The predicted molar refractivity (Wildman–Crippen MR) is 134 cm³/mol. The molecule has 2 saturated heterocycles. The van der Waals surface area contributed by atoms with Crippen LogP contribution in [0.3, 0.4) is 0 Å². The summed E-state index contributed by atoms with van der Waals surface area (Å²) < 4.78 is 13.2. The zero-order valence-corrected chi connectivity index (χ0v) is 19.5. The number of carbonyl (C=O) groups is 2. The maximum absolute atomic E-state index is 13.2. The van der Waals surface area contributed by atoms with Gasteiger partial charge < -0.3 is 15.1 Å². The number of rotatable bonds is 5. The topological polar surface area (TPSA) is 78.4 Å². The Balaban J connectivity index is 1.24. The number of hydrogen-bond acceptors (Lipinski definition) is 5. The Kier molecular flexibility index (Phi) is 6.70. The molecule has 2 aliphatic heterocycles. The predicted octanol–water partition coefficient (Wildman–Crippen LogP) is 4.65. The third-order valence-corrected chi connectivity index (χ3v) is 6.64. The fourth-order valence-corrected chi connectivity index (χ4v) is 4.70. The molecule has 3 aromatic rings. The maximum Gasteiger partial charge on any atom is 0.229 e. The van der Waals surface area contributed by atoms with Crippen LogP contribution in [0.5, 0.6) is 0 Å². The molecular weight excluding hydrogens is 445 g/mol. The van der Waals surface area contributed by atoms with E-state index in [9.17, 15) is 14.0 Å². The smallest absolute Gasteiger partial charge is 0.229 e. The molecule has 2 fully saturated rings. The van der Waals surface area contributed by atoms with Gasteiger partial charge in [-0.25, -0.2) is 4.39 Å². The van der Waals surface area contributed by atoms with Crippen molar-refractivity contribution in [3.63, 3.8) is 0 Å². The van der Waals surface area contributed by atoms with Gasteiger partial charge in [0.05, 0.1) is 11.6 Å². The lowest BCUT2D eigenvalue weighted by Gasteiger charge is -2.20. The van der Waals surface area contributed by atoms with Crippen LogP contribution in [0.25, 0.3) is 11.3 Å². The van der Waals surface area contributed by atoms with E-state index in [1.165, 1.54) is 42.7 Å². The fourth-order valence-electron chi connectivity index (χ4n) is 4.70. The number of nitrogens with one attached hydrogen (secondary N) is 1. The van der Waals surface area contributed by atoms with Gasteiger partial charge in [-0.15, -0.1) is 10.2 Å². The van der Waals surface area contributed by atoms with Gasteiger partial charge in [0, 0.05) is 43.0 Å². The summed E-state index contributed by atoms with van der Waals surface area (Å²) >= 11 is 0. The highest BCUT2D eigenvalue weighted by Gasteiger charge is 2.35. The Bertz CT molecular complexity index is 1190. The fraction of sp³-hybridized carbons (Fsp3) is 0.333. The largest absolute Gasteiger partial charge is 0.355 e. The summed E-state index contributed by atoms with van der Waals surface area (Å²) in [5.74, 6) is -0.315. The number of carbonyl (C=O) groups excluding carboxylic acids is 2. The summed E-state index contributed by atoms with van der Waals surface area (Å²) in [4.78, 5) is 29.2. The van der Waals surface area contributed by atoms with Gasteiger partial charge in [0.2, 0.25) is 11.8 Å². The molecule has 1 atom stereocenters. The minimum absolute atomic E-state index is 0.117. The SMILES string of the molecule is O=C(Nc1cccc(-c2ccc(N3CCCCCC3)nn2)c1)C1CC(=O)N(c2ccc(F)cc2)C1. The average molecular weight is 474 g/mol. The highest BCUT2D eigenvalue weighted by Crippen LogP contribution is 2.27. The standard InChI is InChI=1S/C27H28FN5O2/c28-21-8-10-23(11-9-21)33-18-20(17-26(33)34)27(35)29-22-7-5-6-19(16-22)24-12-13-25(31-30-24)32-14-3-1-2-4-15-32/h5-13,16,20H,1-4,14-15,17-18H2,(H,29,35). The van der Waals surface area contributed by atoms with E-state index in [4.69, 9.17) is 0 Å². The molecule has 0 saturated carbocycles. The van der Waals surface area contributed by atoms with Gasteiger partial charge in [0.1, 0.15) is 5.82 Å². The van der Waals surface area contributed by atoms with Crippen molar-refractivity contribution in [3.8, 4) is 11.3 Å². The molecule has 180 valence electrons. The summed E-state index contributed by atoms with van der Waals surface area (Å²) in [5, 5.41) is 11.8. The lowest BCUT2D eigenvalue weighted by molar-refractivity contribution is -0.122. The van der Waals surface area contributed by atoms with Crippen molar-refractivity contribution in [2.75, 3.05) is 34.8 Å². The summed E-state index contributed by atoms with van der Waals surface area (Å²) in [5.41, 5.74) is 2.82. The summed E-state index contributed by atoms with van der Waals surface area (Å²) in [6.45, 7) is 2.29. The van der Waals surface area contributed by atoms with Crippen LogP contribution in [-0.4, -0.2) is 41.6 Å². The molecule has 7 nitrogen and oxygen atoms in total. The van der Waals surface area contributed by atoms with E-state index < -0.39 is 5.92 Å². The van der Waals surface area contributed by atoms with Gasteiger partial charge in [-0.3, -0.25) is 9.59 Å². The van der Waals surface area contributed by atoms with Gasteiger partial charge in [0.15, 0.2) is 5.82 Å². The molecule has 8 heteroatoms. The molecule has 0 aliphatic carbocycles. The summed E-state index contributed by atoms with van der Waals surface area (Å²) in [6.07, 6.45) is 5.00. The molecule has 1 aromatic heterocycles. The van der Waals surface area contributed by atoms with Crippen LogP contribution in [0.4, 0.5) is 21.6 Å². The number of amides is 2. The van der Waals surface area contributed by atoms with Crippen molar-refractivity contribution in [2.45, 2.75) is 32.1 Å². The summed E-state index contributed by atoms with van der Waals surface area (Å²) in [6, 6.07) is 17.2. The molecule has 3 heterocycles. The van der Waals surface area contributed by atoms with Crippen molar-refractivity contribution < 1.29 is 14.0 Å². The number of anilines is 3. The normalized spacial score (nSPS) is 18.4. The van der Waals surface area contributed by atoms with Crippen molar-refractivity contribution in [1.29, 1.82) is 0 Å². The Labute approximate surface area is 204 Å². The molecule has 2 aromatic carbocycles. The molecule has 35 heavy (non-hydrogen) atoms. The first-order valence-corrected chi connectivity index (χ1v) is 12.1. The minimum Gasteiger partial charge on any atom is -0.355 e. The van der Waals surface area contributed by atoms with E-state index >= 15 is 0 Å². The monoisotopic (exact) mass is 473 g/mol. The second kappa shape index (κ2) is 10.2. The second-order valence-corrected chi connectivity index (χ2v) is 9.13. The molecular formula is C27H28FN5O2. The van der Waals surface area contributed by atoms with Crippen molar-refractivity contribution in [1.82, 2.24) is 10.2 Å². The van der Waals surface area contributed by atoms with Crippen LogP contribution in [0.1, 0.15) is 32.1 Å². The molecule has 2 amide bonds. The zero-order valence-electron chi connectivity index (χ0n) is 19.5. The molecule has 0 bridgehead atoms. The average Bonchev–Trinajstić information content (AvgIpc) is 3.08. The van der Waals surface area contributed by atoms with Crippen LogP contribution < -0.4 is 15.1 Å². The maximum atomic E-state index is 13.2. The Hall–Kier alpha value is -3.81. The van der Waals surface area contributed by atoms with Crippen LogP contribution in [-0.2, 0) is 9.59 Å². The number of benzene rings is 2. The Morgan fingerprint density at radius 1 is 0.943 bits per heavy atom. The molecule has 1 N–H and O–H groups in total. The van der Waals surface area contributed by atoms with E-state index in [0.29, 0.717) is 11.4 Å². The molecule has 0 spiro atoms. The first-order chi connectivity index (χ1) is 17.1. The molecule has 2 aliphatic rings. The van der Waals surface area contributed by atoms with Crippen molar-refractivity contribution in [2.24, 2.45) is 5.92 Å². The Morgan fingerprint density at radius 3 is 2.43 bits per heavy atom. The molecule has 0 radical (unpaired) electrons. The van der Waals surface area contributed by atoms with Gasteiger partial charge in [-0.1, -0.05) is 25.0 Å². The quantitative estimate of drug-likeness (QED) is 0.583. The Morgan fingerprint density at radius 2 is 1.71 bits per heavy atom. The highest BCUT2D eigenvalue weighted by molar-refractivity contribution is 6.03. The third kappa shape index (κ3) is 5.31. The van der Waals surface area contributed by atoms with Gasteiger partial charge in [-0.2, -0.15) is 0 Å². The number of nitrogens with zero attached hydrogens (tertiary/aromatic N) is 4. The van der Waals surface area contributed by atoms with Crippen LogP contribution >= 0.6 is 0 Å². The van der Waals surface area contributed by atoms with E-state index in [2.05, 4.69) is 20.4 Å². The molecule has 5 rings (SSSR count). The van der Waals surface area contributed by atoms with Crippen LogP contribution in [0.15, 0.2) is 60.7 Å². The number of hydrogen-bond donors (Lipinski definition) is 1. The number of halogens is 1. The van der Waals surface area contributed by atoms with E-state index in [1.807, 2.05) is 36.4 Å². The van der Waals surface area contributed by atoms with Crippen molar-refractivity contribution >= 4 is 29.0 Å². The summed E-state index contributed by atoms with van der Waals surface area (Å²) in [7, 11) is 0. The highest BCUT2D eigenvalue weighted by atomic mass is 19.1. The van der Waals surface area contributed by atoms with Crippen LogP contribution in [0.2, 0.25) is 0 Å². The second-order valence-electron chi connectivity index (χ2n) is 9.13. The van der Waals surface area contributed by atoms with Gasteiger partial charge >= 0.3 is 0 Å². The molecule has 1 unspecified atom stereocenters. The van der Waals surface area contributed by atoms with E-state index in [1.54, 1.807) is 12.1 Å². The third-order valence-electron chi connectivity index (χ3n) is 6.64. The van der Waals surface area contributed by atoms with E-state index in [0.717, 1.165) is 30.2 Å². The van der Waals surface area contributed by atoms with Crippen molar-refractivity contribution in [3.05, 3.63) is 66.5 Å². The minimum atomic E-state index is -0.482. The zero-order chi connectivity index (χ0) is 24.2. The lowest BCUT2D eigenvalue weighted by Crippen LogP contribution is -2.28. The number of aromatic nitrogens is 2.